The number of nitrogens with zero attached hydrogens (tertiary/aromatic N) is 1. The summed E-state index contributed by atoms with van der Waals surface area (Å²) in [6, 6.07) is 3.87. The SMILES string of the molecule is CC(CN)C(=O)N(C)Cc1ccc[nH]1. The largest absolute Gasteiger partial charge is 0.364 e. The van der Waals surface area contributed by atoms with Crippen LogP contribution in [0.2, 0.25) is 0 Å². The van der Waals surface area contributed by atoms with E-state index in [1.807, 2.05) is 25.3 Å². The number of H-pyrrole nitrogens is 1. The van der Waals surface area contributed by atoms with Crippen molar-refractivity contribution in [1.82, 2.24) is 9.88 Å². The van der Waals surface area contributed by atoms with Crippen LogP contribution in [0.15, 0.2) is 18.3 Å². The number of rotatable bonds is 4. The molecule has 0 saturated heterocycles. The van der Waals surface area contributed by atoms with Crippen molar-refractivity contribution in [3.8, 4) is 0 Å². The monoisotopic (exact) mass is 195 g/mol. The van der Waals surface area contributed by atoms with Crippen molar-refractivity contribution in [2.24, 2.45) is 11.7 Å². The van der Waals surface area contributed by atoms with Crippen LogP contribution in [0.25, 0.3) is 0 Å². The van der Waals surface area contributed by atoms with E-state index in [0.717, 1.165) is 5.69 Å². The van der Waals surface area contributed by atoms with E-state index >= 15 is 0 Å². The maximum atomic E-state index is 11.6. The van der Waals surface area contributed by atoms with Crippen LogP contribution in [0.5, 0.6) is 0 Å². The minimum absolute atomic E-state index is 0.0853. The Morgan fingerprint density at radius 2 is 2.43 bits per heavy atom. The van der Waals surface area contributed by atoms with Gasteiger partial charge in [0.25, 0.3) is 0 Å². The van der Waals surface area contributed by atoms with Crippen LogP contribution in [-0.4, -0.2) is 29.4 Å². The van der Waals surface area contributed by atoms with Crippen LogP contribution in [-0.2, 0) is 11.3 Å². The van der Waals surface area contributed by atoms with E-state index in [0.29, 0.717) is 13.1 Å². The van der Waals surface area contributed by atoms with E-state index in [1.165, 1.54) is 0 Å². The third-order valence-corrected chi connectivity index (χ3v) is 2.22. The molecule has 78 valence electrons. The van der Waals surface area contributed by atoms with Crippen molar-refractivity contribution >= 4 is 5.91 Å². The van der Waals surface area contributed by atoms with Crippen LogP contribution in [0.4, 0.5) is 0 Å². The molecule has 4 heteroatoms. The smallest absolute Gasteiger partial charge is 0.226 e. The van der Waals surface area contributed by atoms with Crippen LogP contribution in [0.3, 0.4) is 0 Å². The van der Waals surface area contributed by atoms with E-state index < -0.39 is 0 Å². The maximum Gasteiger partial charge on any atom is 0.226 e. The maximum absolute atomic E-state index is 11.6. The van der Waals surface area contributed by atoms with Crippen LogP contribution >= 0.6 is 0 Å². The summed E-state index contributed by atoms with van der Waals surface area (Å²) in [6.07, 6.45) is 1.85. The molecular formula is C10H17N3O. The van der Waals surface area contributed by atoms with Crippen molar-refractivity contribution in [2.75, 3.05) is 13.6 Å². The summed E-state index contributed by atoms with van der Waals surface area (Å²) < 4.78 is 0. The molecule has 0 spiro atoms. The topological polar surface area (TPSA) is 62.1 Å². The highest BCUT2D eigenvalue weighted by atomic mass is 16.2. The zero-order valence-electron chi connectivity index (χ0n) is 8.66. The molecule has 4 nitrogen and oxygen atoms in total. The van der Waals surface area contributed by atoms with Crippen molar-refractivity contribution < 1.29 is 4.79 Å². The molecule has 1 heterocycles. The number of carbonyl (C=O) groups excluding carboxylic acids is 1. The standard InChI is InChI=1S/C10H17N3O/c1-8(6-11)10(14)13(2)7-9-4-3-5-12-9/h3-5,8,12H,6-7,11H2,1-2H3. The quantitative estimate of drug-likeness (QED) is 0.737. The van der Waals surface area contributed by atoms with Gasteiger partial charge >= 0.3 is 0 Å². The predicted molar refractivity (Wildman–Crippen MR) is 55.5 cm³/mol. The summed E-state index contributed by atoms with van der Waals surface area (Å²) >= 11 is 0. The summed E-state index contributed by atoms with van der Waals surface area (Å²) in [7, 11) is 1.79. The fourth-order valence-electron chi connectivity index (χ4n) is 1.28. The molecular weight excluding hydrogens is 178 g/mol. The summed E-state index contributed by atoms with van der Waals surface area (Å²) in [4.78, 5) is 16.4. The molecule has 0 aliphatic heterocycles. The second-order valence-corrected chi connectivity index (χ2v) is 3.53. The lowest BCUT2D eigenvalue weighted by Gasteiger charge is -2.19. The summed E-state index contributed by atoms with van der Waals surface area (Å²) in [6.45, 7) is 2.84. The predicted octanol–water partition coefficient (Wildman–Crippen LogP) is 0.568. The number of aromatic amines is 1. The molecule has 1 aromatic rings. The first kappa shape index (κ1) is 10.8. The molecule has 0 saturated carbocycles. The van der Waals surface area contributed by atoms with Gasteiger partial charge in [-0.2, -0.15) is 0 Å². The minimum Gasteiger partial charge on any atom is -0.364 e. The van der Waals surface area contributed by atoms with Crippen molar-refractivity contribution in [1.29, 1.82) is 0 Å². The van der Waals surface area contributed by atoms with Gasteiger partial charge < -0.3 is 15.6 Å². The zero-order chi connectivity index (χ0) is 10.6. The number of nitrogens with one attached hydrogen (secondary N) is 1. The highest BCUT2D eigenvalue weighted by Crippen LogP contribution is 2.04. The van der Waals surface area contributed by atoms with Gasteiger partial charge in [0.1, 0.15) is 0 Å². The van der Waals surface area contributed by atoms with Gasteiger partial charge in [0.2, 0.25) is 5.91 Å². The molecule has 3 N–H and O–H groups in total. The first-order valence-electron chi connectivity index (χ1n) is 4.72. The van der Waals surface area contributed by atoms with Crippen LogP contribution in [0.1, 0.15) is 12.6 Å². The summed E-state index contributed by atoms with van der Waals surface area (Å²) in [5, 5.41) is 0. The summed E-state index contributed by atoms with van der Waals surface area (Å²) in [5.74, 6) is -0.0166. The second-order valence-electron chi connectivity index (χ2n) is 3.53. The fourth-order valence-corrected chi connectivity index (χ4v) is 1.28. The number of aromatic nitrogens is 1. The van der Waals surface area contributed by atoms with Crippen molar-refractivity contribution in [3.05, 3.63) is 24.0 Å². The Morgan fingerprint density at radius 3 is 2.93 bits per heavy atom. The molecule has 0 aliphatic carbocycles. The van der Waals surface area contributed by atoms with E-state index in [4.69, 9.17) is 5.73 Å². The first-order valence-corrected chi connectivity index (χ1v) is 4.72. The number of carbonyl (C=O) groups is 1. The van der Waals surface area contributed by atoms with Gasteiger partial charge in [-0.1, -0.05) is 6.92 Å². The number of hydrogen-bond donors (Lipinski definition) is 2. The van der Waals surface area contributed by atoms with E-state index in [-0.39, 0.29) is 11.8 Å². The Hall–Kier alpha value is -1.29. The second kappa shape index (κ2) is 4.81. The first-order chi connectivity index (χ1) is 6.65. The summed E-state index contributed by atoms with van der Waals surface area (Å²) in [5.41, 5.74) is 6.46. The van der Waals surface area contributed by atoms with Gasteiger partial charge in [-0.25, -0.2) is 0 Å². The lowest BCUT2D eigenvalue weighted by molar-refractivity contribution is -0.133. The molecule has 1 amide bonds. The average Bonchev–Trinajstić information content (AvgIpc) is 2.68. The van der Waals surface area contributed by atoms with Crippen molar-refractivity contribution in [3.63, 3.8) is 0 Å². The third kappa shape index (κ3) is 2.60. The Kier molecular flexibility index (Phi) is 3.71. The number of amides is 1. The van der Waals surface area contributed by atoms with Crippen LogP contribution in [0, 0.1) is 5.92 Å². The van der Waals surface area contributed by atoms with E-state index in [2.05, 4.69) is 4.98 Å². The Balaban J connectivity index is 2.50. The molecule has 1 atom stereocenters. The number of hydrogen-bond acceptors (Lipinski definition) is 2. The van der Waals surface area contributed by atoms with E-state index in [9.17, 15) is 4.79 Å². The van der Waals surface area contributed by atoms with Gasteiger partial charge in [-0.3, -0.25) is 4.79 Å². The van der Waals surface area contributed by atoms with Gasteiger partial charge in [-0.05, 0) is 12.1 Å². The van der Waals surface area contributed by atoms with Gasteiger partial charge in [0, 0.05) is 31.4 Å². The van der Waals surface area contributed by atoms with Gasteiger partial charge in [0.15, 0.2) is 0 Å². The lowest BCUT2D eigenvalue weighted by atomic mass is 10.1. The van der Waals surface area contributed by atoms with Crippen LogP contribution < -0.4 is 5.73 Å². The average molecular weight is 195 g/mol. The Labute approximate surface area is 84.1 Å². The normalized spacial score (nSPS) is 12.5. The zero-order valence-corrected chi connectivity index (χ0v) is 8.66. The Bertz CT molecular complexity index is 282. The minimum atomic E-state index is -0.102. The lowest BCUT2D eigenvalue weighted by Crippen LogP contribution is -2.34. The molecule has 14 heavy (non-hydrogen) atoms. The highest BCUT2D eigenvalue weighted by molar-refractivity contribution is 5.78. The molecule has 1 rings (SSSR count). The molecule has 0 aliphatic rings. The molecule has 0 radical (unpaired) electrons. The van der Waals surface area contributed by atoms with Gasteiger partial charge in [0.05, 0.1) is 6.54 Å². The molecule has 0 fully saturated rings. The van der Waals surface area contributed by atoms with Crippen molar-refractivity contribution in [2.45, 2.75) is 13.5 Å². The molecule has 1 aromatic heterocycles. The molecule has 0 aromatic carbocycles. The highest BCUT2D eigenvalue weighted by Gasteiger charge is 2.15. The van der Waals surface area contributed by atoms with E-state index in [1.54, 1.807) is 11.9 Å². The van der Waals surface area contributed by atoms with Gasteiger partial charge in [-0.15, -0.1) is 0 Å². The molecule has 1 unspecified atom stereocenters. The number of nitrogens with two attached hydrogens (primary N) is 1. The Morgan fingerprint density at radius 1 is 1.71 bits per heavy atom. The molecule has 0 bridgehead atoms. The third-order valence-electron chi connectivity index (χ3n) is 2.22. The fraction of sp³-hybridized carbons (Fsp3) is 0.500.